The summed E-state index contributed by atoms with van der Waals surface area (Å²) in [6.07, 6.45) is 8.95. The van der Waals surface area contributed by atoms with Gasteiger partial charge < -0.3 is 16.4 Å². The van der Waals surface area contributed by atoms with Crippen molar-refractivity contribution in [3.63, 3.8) is 0 Å². The van der Waals surface area contributed by atoms with Gasteiger partial charge in [-0.3, -0.25) is 9.20 Å². The molecule has 1 atom stereocenters. The van der Waals surface area contributed by atoms with Gasteiger partial charge in [-0.1, -0.05) is 18.2 Å². The maximum Gasteiger partial charge on any atom is 0.256 e. The van der Waals surface area contributed by atoms with Gasteiger partial charge in [0.05, 0.1) is 6.04 Å². The van der Waals surface area contributed by atoms with E-state index in [0.717, 1.165) is 35.6 Å². The lowest BCUT2D eigenvalue weighted by molar-refractivity contribution is 0.102. The van der Waals surface area contributed by atoms with E-state index in [2.05, 4.69) is 25.0 Å². The molecule has 32 heavy (non-hydrogen) atoms. The van der Waals surface area contributed by atoms with Gasteiger partial charge in [0.25, 0.3) is 5.91 Å². The van der Waals surface area contributed by atoms with Crippen LogP contribution in [0.2, 0.25) is 0 Å². The number of carbonyl (C=O) groups excluding carboxylic acids is 1. The summed E-state index contributed by atoms with van der Waals surface area (Å²) in [4.78, 5) is 26.0. The smallest absolute Gasteiger partial charge is 0.256 e. The largest absolute Gasteiger partial charge is 0.382 e. The summed E-state index contributed by atoms with van der Waals surface area (Å²) in [6.45, 7) is 1.04. The molecule has 160 valence electrons. The number of rotatable bonds is 4. The first-order valence-electron chi connectivity index (χ1n) is 10.8. The Kier molecular flexibility index (Phi) is 4.22. The zero-order valence-electron chi connectivity index (χ0n) is 17.5. The van der Waals surface area contributed by atoms with Crippen molar-refractivity contribution in [3.8, 4) is 11.3 Å². The molecular formula is C24H23N7O. The van der Waals surface area contributed by atoms with Gasteiger partial charge >= 0.3 is 0 Å². The molecule has 6 rings (SSSR count). The number of anilines is 2. The predicted molar refractivity (Wildman–Crippen MR) is 122 cm³/mol. The fraction of sp³-hybridized carbons (Fsp3) is 0.250. The molecule has 1 spiro atoms. The number of carbonyl (C=O) groups is 1. The zero-order chi connectivity index (χ0) is 21.7. The second-order valence-electron chi connectivity index (χ2n) is 8.73. The lowest BCUT2D eigenvalue weighted by Gasteiger charge is -2.09. The number of pyridine rings is 1. The van der Waals surface area contributed by atoms with E-state index < -0.39 is 0 Å². The van der Waals surface area contributed by atoms with Crippen molar-refractivity contribution in [1.29, 1.82) is 0 Å². The number of nitrogens with one attached hydrogen (secondary N) is 2. The number of hydrogen-bond donors (Lipinski definition) is 3. The first kappa shape index (κ1) is 18.9. The van der Waals surface area contributed by atoms with Crippen LogP contribution in [0.3, 0.4) is 0 Å². The summed E-state index contributed by atoms with van der Waals surface area (Å²) < 4.78 is 2.05. The second-order valence-corrected chi connectivity index (χ2v) is 8.73. The van der Waals surface area contributed by atoms with E-state index in [1.165, 1.54) is 12.8 Å². The minimum absolute atomic E-state index is 0.198. The van der Waals surface area contributed by atoms with Crippen molar-refractivity contribution in [2.75, 3.05) is 17.6 Å². The lowest BCUT2D eigenvalue weighted by atomic mass is 10.0. The highest BCUT2D eigenvalue weighted by molar-refractivity contribution is 6.04. The quantitative estimate of drug-likeness (QED) is 0.462. The summed E-state index contributed by atoms with van der Waals surface area (Å²) in [6, 6.07) is 13.0. The third-order valence-corrected chi connectivity index (χ3v) is 6.57. The van der Waals surface area contributed by atoms with Crippen LogP contribution in [-0.2, 0) is 0 Å². The maximum atomic E-state index is 12.6. The number of nitrogens with zero attached hydrogens (tertiary/aromatic N) is 4. The SMILES string of the molecule is Nc1nccn2c([C@@H]3CC4(CC4)CN3)nc(-c3ccc(C(=O)Nc4ccccn4)cc3)c12. The van der Waals surface area contributed by atoms with Crippen LogP contribution in [0.4, 0.5) is 11.6 Å². The molecule has 1 aliphatic carbocycles. The molecule has 1 saturated carbocycles. The molecule has 2 aliphatic rings. The average Bonchev–Trinajstić information content (AvgIpc) is 3.26. The van der Waals surface area contributed by atoms with Gasteiger partial charge in [-0.15, -0.1) is 0 Å². The number of imidazole rings is 1. The highest BCUT2D eigenvalue weighted by Gasteiger charge is 2.49. The van der Waals surface area contributed by atoms with Gasteiger partial charge in [0, 0.05) is 36.3 Å². The summed E-state index contributed by atoms with van der Waals surface area (Å²) in [7, 11) is 0. The average molecular weight is 425 g/mol. The van der Waals surface area contributed by atoms with Crippen molar-refractivity contribution in [1.82, 2.24) is 24.7 Å². The van der Waals surface area contributed by atoms with Crippen molar-refractivity contribution in [2.45, 2.75) is 25.3 Å². The molecule has 1 saturated heterocycles. The van der Waals surface area contributed by atoms with Crippen molar-refractivity contribution >= 4 is 23.1 Å². The van der Waals surface area contributed by atoms with Crippen molar-refractivity contribution in [2.24, 2.45) is 5.41 Å². The number of nitrogen functional groups attached to an aromatic ring is 1. The van der Waals surface area contributed by atoms with Crippen LogP contribution >= 0.6 is 0 Å². The molecule has 1 amide bonds. The van der Waals surface area contributed by atoms with Crippen molar-refractivity contribution < 1.29 is 4.79 Å². The molecule has 1 aliphatic heterocycles. The van der Waals surface area contributed by atoms with E-state index in [0.29, 0.717) is 22.6 Å². The van der Waals surface area contributed by atoms with Gasteiger partial charge in [0.15, 0.2) is 0 Å². The monoisotopic (exact) mass is 425 g/mol. The highest BCUT2D eigenvalue weighted by atomic mass is 16.1. The maximum absolute atomic E-state index is 12.6. The van der Waals surface area contributed by atoms with Crippen LogP contribution < -0.4 is 16.4 Å². The van der Waals surface area contributed by atoms with Gasteiger partial charge in [0.2, 0.25) is 0 Å². The number of benzene rings is 1. The van der Waals surface area contributed by atoms with E-state index in [4.69, 9.17) is 10.7 Å². The van der Waals surface area contributed by atoms with Crippen molar-refractivity contribution in [3.05, 3.63) is 72.4 Å². The van der Waals surface area contributed by atoms with E-state index in [1.807, 2.05) is 24.4 Å². The van der Waals surface area contributed by atoms with Crippen LogP contribution in [0.1, 0.15) is 41.5 Å². The van der Waals surface area contributed by atoms with Crippen LogP contribution in [-0.4, -0.2) is 31.8 Å². The van der Waals surface area contributed by atoms with Crippen LogP contribution in [0.5, 0.6) is 0 Å². The molecule has 0 radical (unpaired) electrons. The fourth-order valence-electron chi connectivity index (χ4n) is 4.60. The zero-order valence-corrected chi connectivity index (χ0v) is 17.5. The first-order valence-corrected chi connectivity index (χ1v) is 10.8. The normalized spacial score (nSPS) is 18.8. The summed E-state index contributed by atoms with van der Waals surface area (Å²) in [5.41, 5.74) is 9.74. The molecule has 2 fully saturated rings. The van der Waals surface area contributed by atoms with Gasteiger partial charge in [-0.2, -0.15) is 0 Å². The molecule has 4 aromatic rings. The van der Waals surface area contributed by atoms with Gasteiger partial charge in [0.1, 0.15) is 28.7 Å². The number of nitrogens with two attached hydrogens (primary N) is 1. The molecular weight excluding hydrogens is 402 g/mol. The molecule has 4 heterocycles. The Morgan fingerprint density at radius 3 is 2.69 bits per heavy atom. The molecule has 8 heteroatoms. The van der Waals surface area contributed by atoms with Gasteiger partial charge in [-0.25, -0.2) is 15.0 Å². The topological polar surface area (TPSA) is 110 Å². The highest BCUT2D eigenvalue weighted by Crippen LogP contribution is 2.55. The number of aromatic nitrogens is 4. The number of hydrogen-bond acceptors (Lipinski definition) is 6. The third kappa shape index (κ3) is 3.20. The Balaban J connectivity index is 1.34. The summed E-state index contributed by atoms with van der Waals surface area (Å²) >= 11 is 0. The van der Waals surface area contributed by atoms with E-state index >= 15 is 0 Å². The Hall–Kier alpha value is -3.78. The minimum atomic E-state index is -0.211. The number of amides is 1. The summed E-state index contributed by atoms with van der Waals surface area (Å²) in [5.74, 6) is 1.71. The molecule has 0 bridgehead atoms. The molecule has 1 aromatic carbocycles. The van der Waals surface area contributed by atoms with E-state index in [1.54, 1.807) is 36.7 Å². The Morgan fingerprint density at radius 1 is 1.12 bits per heavy atom. The third-order valence-electron chi connectivity index (χ3n) is 6.57. The first-order chi connectivity index (χ1) is 15.6. The predicted octanol–water partition coefficient (Wildman–Crippen LogP) is 3.44. The van der Waals surface area contributed by atoms with Crippen LogP contribution in [0.15, 0.2) is 61.1 Å². The van der Waals surface area contributed by atoms with Gasteiger partial charge in [-0.05, 0) is 48.9 Å². The Bertz CT molecular complexity index is 1310. The molecule has 8 nitrogen and oxygen atoms in total. The summed E-state index contributed by atoms with van der Waals surface area (Å²) in [5, 5.41) is 6.45. The standard InChI is InChI=1S/C24H23N7O/c25-21-20-19(15-4-6-16(7-5-15)23(32)29-18-3-1-2-10-26-18)30-22(31(20)12-11-27-21)17-13-24(8-9-24)14-28-17/h1-7,10-12,17,28H,8-9,13-14H2,(H2,25,27)(H,26,29,32)/t17-/m0/s1. The lowest BCUT2D eigenvalue weighted by Crippen LogP contribution is -2.16. The van der Waals surface area contributed by atoms with Crippen LogP contribution in [0, 0.1) is 5.41 Å². The molecule has 3 aromatic heterocycles. The minimum Gasteiger partial charge on any atom is -0.382 e. The molecule has 0 unspecified atom stereocenters. The fourth-order valence-corrected chi connectivity index (χ4v) is 4.60. The number of fused-ring (bicyclic) bond motifs is 1. The second kappa shape index (κ2) is 7.13. The molecule has 4 N–H and O–H groups in total. The van der Waals surface area contributed by atoms with Crippen LogP contribution in [0.25, 0.3) is 16.8 Å². The Labute approximate surface area is 184 Å². The van der Waals surface area contributed by atoms with E-state index in [9.17, 15) is 4.79 Å². The van der Waals surface area contributed by atoms with E-state index in [-0.39, 0.29) is 11.9 Å². The Morgan fingerprint density at radius 2 is 1.97 bits per heavy atom.